The van der Waals surface area contributed by atoms with Crippen molar-refractivity contribution in [2.75, 3.05) is 12.3 Å². The van der Waals surface area contributed by atoms with E-state index in [1.54, 1.807) is 11.8 Å². The number of carbonyl (C=O) groups excluding carboxylic acids is 1. The third-order valence-electron chi connectivity index (χ3n) is 3.55. The van der Waals surface area contributed by atoms with E-state index in [2.05, 4.69) is 15.5 Å². The zero-order valence-corrected chi connectivity index (χ0v) is 16.2. The Kier molecular flexibility index (Phi) is 6.49. The molecule has 0 aliphatic heterocycles. The molecule has 0 unspecified atom stereocenters. The monoisotopic (exact) mass is 404 g/mol. The third-order valence-corrected chi connectivity index (χ3v) is 5.76. The summed E-state index contributed by atoms with van der Waals surface area (Å²) in [5, 5.41) is 12.6. The van der Waals surface area contributed by atoms with Crippen molar-refractivity contribution >= 4 is 45.7 Å². The Morgan fingerprint density at radius 2 is 1.92 bits per heavy atom. The van der Waals surface area contributed by atoms with Crippen molar-refractivity contribution in [2.45, 2.75) is 17.1 Å². The van der Waals surface area contributed by atoms with Crippen LogP contribution < -0.4 is 11.1 Å². The van der Waals surface area contributed by atoms with Gasteiger partial charge in [0.1, 0.15) is 5.01 Å². The summed E-state index contributed by atoms with van der Waals surface area (Å²) in [7, 11) is 0. The van der Waals surface area contributed by atoms with E-state index < -0.39 is 0 Å². The van der Waals surface area contributed by atoms with Crippen molar-refractivity contribution in [3.8, 4) is 0 Å². The molecule has 3 N–H and O–H groups in total. The number of carbonyl (C=O) groups is 1. The number of amides is 1. The topological polar surface area (TPSA) is 80.9 Å². The van der Waals surface area contributed by atoms with E-state index >= 15 is 0 Å². The lowest BCUT2D eigenvalue weighted by Crippen LogP contribution is -2.26. The number of nitrogens with zero attached hydrogens (tertiary/aromatic N) is 2. The van der Waals surface area contributed by atoms with Crippen LogP contribution in [0.15, 0.2) is 53.4 Å². The minimum Gasteiger partial charge on any atom is -0.374 e. The van der Waals surface area contributed by atoms with Gasteiger partial charge in [0, 0.05) is 28.6 Å². The maximum absolute atomic E-state index is 12.5. The smallest absolute Gasteiger partial charge is 0.252 e. The van der Waals surface area contributed by atoms with Gasteiger partial charge in [-0.15, -0.1) is 22.0 Å². The summed E-state index contributed by atoms with van der Waals surface area (Å²) in [4.78, 5) is 13.5. The number of anilines is 1. The van der Waals surface area contributed by atoms with E-state index in [0.717, 1.165) is 26.2 Å². The van der Waals surface area contributed by atoms with Crippen LogP contribution in [-0.2, 0) is 12.2 Å². The standard InChI is InChI=1S/C18H17ClN4OS2/c19-13-7-5-12(6-8-13)11-25-15-4-2-1-3-14(15)17(24)21-10-9-16-22-23-18(20)26-16/h1-8H,9-11H2,(H2,20,23)(H,21,24). The van der Waals surface area contributed by atoms with Gasteiger partial charge < -0.3 is 11.1 Å². The molecular weight excluding hydrogens is 388 g/mol. The number of thioether (sulfide) groups is 1. The molecular formula is C18H17ClN4OS2. The molecule has 1 amide bonds. The molecule has 2 aromatic carbocycles. The van der Waals surface area contributed by atoms with Crippen LogP contribution in [0.2, 0.25) is 5.02 Å². The Bertz CT molecular complexity index is 883. The minimum absolute atomic E-state index is 0.0957. The Balaban J connectivity index is 1.58. The van der Waals surface area contributed by atoms with Crippen molar-refractivity contribution in [1.82, 2.24) is 15.5 Å². The maximum Gasteiger partial charge on any atom is 0.252 e. The van der Waals surface area contributed by atoms with Gasteiger partial charge >= 0.3 is 0 Å². The van der Waals surface area contributed by atoms with Crippen LogP contribution >= 0.6 is 34.7 Å². The van der Waals surface area contributed by atoms with Gasteiger partial charge in [-0.25, -0.2) is 0 Å². The average Bonchev–Trinajstić information content (AvgIpc) is 3.06. The minimum atomic E-state index is -0.0957. The highest BCUT2D eigenvalue weighted by Gasteiger charge is 2.11. The number of nitrogens with one attached hydrogen (secondary N) is 1. The predicted molar refractivity (Wildman–Crippen MR) is 108 cm³/mol. The molecule has 0 fully saturated rings. The summed E-state index contributed by atoms with van der Waals surface area (Å²) in [5.74, 6) is 0.674. The Hall–Kier alpha value is -2.09. The Labute approximate surface area is 165 Å². The molecule has 0 bridgehead atoms. The average molecular weight is 405 g/mol. The van der Waals surface area contributed by atoms with Gasteiger partial charge in [0.05, 0.1) is 5.56 Å². The molecule has 134 valence electrons. The van der Waals surface area contributed by atoms with E-state index in [9.17, 15) is 4.79 Å². The Morgan fingerprint density at radius 3 is 2.65 bits per heavy atom. The van der Waals surface area contributed by atoms with Crippen molar-refractivity contribution in [3.05, 3.63) is 69.7 Å². The molecule has 0 saturated carbocycles. The number of benzene rings is 2. The lowest BCUT2D eigenvalue weighted by molar-refractivity contribution is 0.0951. The fourth-order valence-electron chi connectivity index (χ4n) is 2.27. The summed E-state index contributed by atoms with van der Waals surface area (Å²) in [6, 6.07) is 15.3. The van der Waals surface area contributed by atoms with Gasteiger partial charge in [-0.3, -0.25) is 4.79 Å². The quantitative estimate of drug-likeness (QED) is 0.581. The normalized spacial score (nSPS) is 10.7. The fraction of sp³-hybridized carbons (Fsp3) is 0.167. The van der Waals surface area contributed by atoms with Crippen LogP contribution in [0.1, 0.15) is 20.9 Å². The molecule has 0 aliphatic carbocycles. The van der Waals surface area contributed by atoms with Crippen LogP contribution in [0, 0.1) is 0 Å². The lowest BCUT2D eigenvalue weighted by atomic mass is 10.2. The Morgan fingerprint density at radius 1 is 1.15 bits per heavy atom. The van der Waals surface area contributed by atoms with Crippen LogP contribution in [-0.4, -0.2) is 22.6 Å². The molecule has 1 heterocycles. The highest BCUT2D eigenvalue weighted by Crippen LogP contribution is 2.26. The molecule has 0 atom stereocenters. The first kappa shape index (κ1) is 18.7. The van der Waals surface area contributed by atoms with Gasteiger partial charge in [0.15, 0.2) is 0 Å². The van der Waals surface area contributed by atoms with Gasteiger partial charge in [-0.1, -0.05) is 47.2 Å². The number of hydrogen-bond donors (Lipinski definition) is 2. The summed E-state index contributed by atoms with van der Waals surface area (Å²) < 4.78 is 0. The molecule has 1 aromatic heterocycles. The van der Waals surface area contributed by atoms with E-state index in [1.807, 2.05) is 48.5 Å². The molecule has 0 aliphatic rings. The highest BCUT2D eigenvalue weighted by atomic mass is 35.5. The molecule has 5 nitrogen and oxygen atoms in total. The van der Waals surface area contributed by atoms with E-state index in [1.165, 1.54) is 11.3 Å². The largest absolute Gasteiger partial charge is 0.374 e. The van der Waals surface area contributed by atoms with Gasteiger partial charge in [-0.05, 0) is 29.8 Å². The number of rotatable bonds is 7. The first-order valence-corrected chi connectivity index (χ1v) is 10.1. The number of aromatic nitrogens is 2. The predicted octanol–water partition coefficient (Wildman–Crippen LogP) is 4.04. The second-order valence-electron chi connectivity index (χ2n) is 5.45. The summed E-state index contributed by atoms with van der Waals surface area (Å²) >= 11 is 8.88. The van der Waals surface area contributed by atoms with Crippen LogP contribution in [0.25, 0.3) is 0 Å². The summed E-state index contributed by atoms with van der Waals surface area (Å²) in [5.41, 5.74) is 7.38. The molecule has 0 saturated heterocycles. The molecule has 0 spiro atoms. The van der Waals surface area contributed by atoms with Gasteiger partial charge in [0.25, 0.3) is 5.91 Å². The SMILES string of the molecule is Nc1nnc(CCNC(=O)c2ccccc2SCc2ccc(Cl)cc2)s1. The first-order chi connectivity index (χ1) is 12.6. The van der Waals surface area contributed by atoms with Crippen molar-refractivity contribution in [2.24, 2.45) is 0 Å². The number of nitrogens with two attached hydrogens (primary N) is 1. The fourth-order valence-corrected chi connectivity index (χ4v) is 4.01. The number of halogens is 1. The number of nitrogen functional groups attached to an aromatic ring is 1. The van der Waals surface area contributed by atoms with Gasteiger partial charge in [-0.2, -0.15) is 0 Å². The van der Waals surface area contributed by atoms with E-state index in [-0.39, 0.29) is 5.91 Å². The second kappa shape index (κ2) is 9.02. The first-order valence-electron chi connectivity index (χ1n) is 7.94. The molecule has 3 rings (SSSR count). The molecule has 3 aromatic rings. The zero-order chi connectivity index (χ0) is 18.4. The van der Waals surface area contributed by atoms with Crippen molar-refractivity contribution < 1.29 is 4.79 Å². The summed E-state index contributed by atoms with van der Waals surface area (Å²) in [6.45, 7) is 0.490. The van der Waals surface area contributed by atoms with E-state index in [0.29, 0.717) is 23.7 Å². The van der Waals surface area contributed by atoms with Gasteiger partial charge in [0.2, 0.25) is 5.13 Å². The molecule has 8 heteroatoms. The van der Waals surface area contributed by atoms with Crippen molar-refractivity contribution in [3.63, 3.8) is 0 Å². The highest BCUT2D eigenvalue weighted by molar-refractivity contribution is 7.98. The van der Waals surface area contributed by atoms with Crippen LogP contribution in [0.4, 0.5) is 5.13 Å². The third kappa shape index (κ3) is 5.20. The van der Waals surface area contributed by atoms with Crippen LogP contribution in [0.5, 0.6) is 0 Å². The second-order valence-corrected chi connectivity index (χ2v) is 8.00. The molecule has 26 heavy (non-hydrogen) atoms. The lowest BCUT2D eigenvalue weighted by Gasteiger charge is -2.09. The molecule has 0 radical (unpaired) electrons. The summed E-state index contributed by atoms with van der Waals surface area (Å²) in [6.07, 6.45) is 0.612. The van der Waals surface area contributed by atoms with Crippen LogP contribution in [0.3, 0.4) is 0 Å². The van der Waals surface area contributed by atoms with Crippen molar-refractivity contribution in [1.29, 1.82) is 0 Å². The maximum atomic E-state index is 12.5. The van der Waals surface area contributed by atoms with E-state index in [4.69, 9.17) is 17.3 Å². The zero-order valence-electron chi connectivity index (χ0n) is 13.8. The number of hydrogen-bond acceptors (Lipinski definition) is 6.